The van der Waals surface area contributed by atoms with E-state index < -0.39 is 10.4 Å². The lowest BCUT2D eigenvalue weighted by molar-refractivity contribution is -0.836. The van der Waals surface area contributed by atoms with Gasteiger partial charge in [0.2, 0.25) is 0 Å². The number of nitrogens with two attached hydrogens (primary N) is 2. The quantitative estimate of drug-likeness (QED) is 0.272. The number of nitrogen functional groups attached to an aromatic ring is 2. The fourth-order valence-corrected chi connectivity index (χ4v) is 2.18. The molecule has 0 radical (unpaired) electrons. The summed E-state index contributed by atoms with van der Waals surface area (Å²) in [4.78, 5) is 7.60. The van der Waals surface area contributed by atoms with Crippen molar-refractivity contribution in [2.24, 2.45) is 0 Å². The van der Waals surface area contributed by atoms with Crippen LogP contribution < -0.4 is 25.8 Å². The van der Waals surface area contributed by atoms with Gasteiger partial charge in [0.1, 0.15) is 0 Å². The first-order chi connectivity index (χ1) is 10.8. The molecule has 0 amide bonds. The van der Waals surface area contributed by atoms with E-state index in [-0.39, 0.29) is 23.3 Å². The zero-order valence-electron chi connectivity index (χ0n) is 12.5. The van der Waals surface area contributed by atoms with Crippen molar-refractivity contribution in [2.75, 3.05) is 23.3 Å². The van der Waals surface area contributed by atoms with Gasteiger partial charge in [-0.25, -0.2) is 4.28 Å². The van der Waals surface area contributed by atoms with Gasteiger partial charge in [0.05, 0.1) is 0 Å². The smallest absolute Gasteiger partial charge is 0.472 e. The third-order valence-corrected chi connectivity index (χ3v) is 3.13. The fourth-order valence-electron chi connectivity index (χ4n) is 1.84. The molecule has 0 aliphatic heterocycles. The van der Waals surface area contributed by atoms with E-state index in [0.717, 1.165) is 12.8 Å². The topological polar surface area (TPSA) is 187 Å². The molecule has 0 atom stereocenters. The molecule has 0 aliphatic carbocycles. The van der Waals surface area contributed by atoms with Crippen LogP contribution in [0.1, 0.15) is 12.0 Å². The summed E-state index contributed by atoms with van der Waals surface area (Å²) >= 11 is 0. The van der Waals surface area contributed by atoms with Gasteiger partial charge in [-0.2, -0.15) is 8.42 Å². The minimum atomic E-state index is -4.78. The van der Waals surface area contributed by atoms with Crippen LogP contribution in [0.3, 0.4) is 0 Å². The lowest BCUT2D eigenvalue weighted by Crippen LogP contribution is -2.51. The van der Waals surface area contributed by atoms with E-state index in [1.54, 1.807) is 0 Å². The van der Waals surface area contributed by atoms with E-state index >= 15 is 0 Å². The number of benzene rings is 1. The number of hydrogen-bond donors (Lipinski definition) is 4. The van der Waals surface area contributed by atoms with E-state index in [1.807, 2.05) is 30.3 Å². The number of anilines is 3. The lowest BCUT2D eigenvalue weighted by atomic mass is 10.1. The molecule has 2 aromatic rings. The van der Waals surface area contributed by atoms with Gasteiger partial charge in [0.15, 0.2) is 0 Å². The number of aryl methyl sites for hydroxylation is 1. The van der Waals surface area contributed by atoms with Crippen molar-refractivity contribution >= 4 is 28.2 Å². The zero-order chi connectivity index (χ0) is 16.9. The number of nitrogens with zero attached hydrogens (tertiary/aromatic N) is 3. The molecule has 0 unspecified atom stereocenters. The second-order valence-electron chi connectivity index (χ2n) is 4.58. The summed E-state index contributed by atoms with van der Waals surface area (Å²) < 4.78 is 34.5. The average molecular weight is 358 g/mol. The molecule has 2 rings (SSSR count). The highest BCUT2D eigenvalue weighted by molar-refractivity contribution is 7.80. The summed E-state index contributed by atoms with van der Waals surface area (Å²) in [5.74, 6) is -0.621. The zero-order valence-corrected chi connectivity index (χ0v) is 13.3. The molecule has 0 fully saturated rings. The molecule has 0 saturated heterocycles. The summed E-state index contributed by atoms with van der Waals surface area (Å²) in [6.07, 6.45) is 1.70. The predicted octanol–water partition coefficient (Wildman–Crippen LogP) is -0.972. The molecule has 12 heteroatoms. The van der Waals surface area contributed by atoms with Crippen molar-refractivity contribution in [1.29, 1.82) is 0 Å². The summed E-state index contributed by atoms with van der Waals surface area (Å²) in [6, 6.07) is 9.96. The van der Waals surface area contributed by atoms with Crippen LogP contribution in [-0.4, -0.2) is 35.0 Å². The summed E-state index contributed by atoms with van der Waals surface area (Å²) in [6.45, 7) is 0.566. The second kappa shape index (κ2) is 8.24. The third-order valence-electron chi connectivity index (χ3n) is 2.79. The standard InChI is InChI=1S/C12H16N6O4S.H2O/c13-10-16-12(17-11(14)18(10)22-23(19,20)21)15-8-4-7-9-5-2-1-3-6-9;/h1-3,5-6H,4,7-8H2,(H5,13,14,15,16,17,19,20,21);1H2. The van der Waals surface area contributed by atoms with Crippen molar-refractivity contribution < 1.29 is 27.5 Å². The van der Waals surface area contributed by atoms with Gasteiger partial charge in [0, 0.05) is 6.54 Å². The molecule has 1 aromatic heterocycles. The molecule has 0 saturated carbocycles. The maximum atomic E-state index is 10.7. The van der Waals surface area contributed by atoms with E-state index in [9.17, 15) is 8.42 Å². The third kappa shape index (κ3) is 5.83. The number of hydrogen-bond acceptors (Lipinski definition) is 9. The predicted molar refractivity (Wildman–Crippen MR) is 84.4 cm³/mol. The molecule has 7 N–H and O–H groups in total. The highest BCUT2D eigenvalue weighted by Gasteiger charge is 2.21. The van der Waals surface area contributed by atoms with Crippen LogP contribution in [0.2, 0.25) is 0 Å². The van der Waals surface area contributed by atoms with E-state index in [2.05, 4.69) is 19.6 Å². The number of aromatic nitrogens is 3. The molecule has 11 nitrogen and oxygen atoms in total. The SMILES string of the molecule is Nc1nc(NCCCc2ccccc2)nc(N)[n+]1OS(=O)(=O)O.[OH-]. The van der Waals surface area contributed by atoms with Crippen molar-refractivity contribution in [3.8, 4) is 0 Å². The minimum Gasteiger partial charge on any atom is -0.870 e. The van der Waals surface area contributed by atoms with Crippen LogP contribution >= 0.6 is 0 Å². The van der Waals surface area contributed by atoms with Gasteiger partial charge in [-0.3, -0.25) is 4.55 Å². The molecule has 1 aromatic carbocycles. The van der Waals surface area contributed by atoms with Gasteiger partial charge in [-0.15, -0.1) is 0 Å². The first-order valence-corrected chi connectivity index (χ1v) is 8.02. The van der Waals surface area contributed by atoms with E-state index in [4.69, 9.17) is 16.0 Å². The Hall–Kier alpha value is -2.70. The highest BCUT2D eigenvalue weighted by atomic mass is 32.3. The molecule has 0 spiro atoms. The Balaban J connectivity index is 0.00000288. The van der Waals surface area contributed by atoms with Gasteiger partial charge >= 0.3 is 28.2 Å². The first kappa shape index (κ1) is 19.3. The molecule has 0 bridgehead atoms. The molecule has 1 heterocycles. The van der Waals surface area contributed by atoms with Gasteiger partial charge < -0.3 is 22.3 Å². The Morgan fingerprint density at radius 1 is 1.17 bits per heavy atom. The average Bonchev–Trinajstić information content (AvgIpc) is 2.48. The fraction of sp³-hybridized carbons (Fsp3) is 0.250. The van der Waals surface area contributed by atoms with Crippen LogP contribution in [0.4, 0.5) is 17.8 Å². The summed E-state index contributed by atoms with van der Waals surface area (Å²) in [7, 11) is -4.78. The highest BCUT2D eigenvalue weighted by Crippen LogP contribution is 2.05. The maximum Gasteiger partial charge on any atom is 0.472 e. The summed E-state index contributed by atoms with van der Waals surface area (Å²) in [5, 5.41) is 2.92. The van der Waals surface area contributed by atoms with Crippen molar-refractivity contribution in [1.82, 2.24) is 9.97 Å². The monoisotopic (exact) mass is 358 g/mol. The molecule has 24 heavy (non-hydrogen) atoms. The van der Waals surface area contributed by atoms with E-state index in [0.29, 0.717) is 11.3 Å². The molecule has 0 aliphatic rings. The van der Waals surface area contributed by atoms with Crippen molar-refractivity contribution in [3.05, 3.63) is 35.9 Å². The van der Waals surface area contributed by atoms with Crippen LogP contribution in [0.25, 0.3) is 0 Å². The second-order valence-corrected chi connectivity index (χ2v) is 5.58. The molecule has 132 valence electrons. The van der Waals surface area contributed by atoms with Gasteiger partial charge in [-0.05, 0) is 23.1 Å². The van der Waals surface area contributed by atoms with Crippen molar-refractivity contribution in [3.63, 3.8) is 0 Å². The van der Waals surface area contributed by atoms with Crippen LogP contribution in [0, 0.1) is 0 Å². The maximum absolute atomic E-state index is 10.7. The first-order valence-electron chi connectivity index (χ1n) is 6.65. The van der Waals surface area contributed by atoms with Gasteiger partial charge in [0.25, 0.3) is 0 Å². The normalized spacial score (nSPS) is 10.7. The van der Waals surface area contributed by atoms with Gasteiger partial charge in [-0.1, -0.05) is 40.3 Å². The number of nitrogens with one attached hydrogen (secondary N) is 1. The largest absolute Gasteiger partial charge is 0.870 e. The number of rotatable bonds is 7. The molecular weight excluding hydrogens is 340 g/mol. The van der Waals surface area contributed by atoms with Crippen LogP contribution in [-0.2, 0) is 16.8 Å². The Bertz CT molecular complexity index is 748. The minimum absolute atomic E-state index is 0. The van der Waals surface area contributed by atoms with E-state index in [1.165, 1.54) is 5.56 Å². The Morgan fingerprint density at radius 3 is 2.29 bits per heavy atom. The Kier molecular flexibility index (Phi) is 6.64. The van der Waals surface area contributed by atoms with Crippen molar-refractivity contribution in [2.45, 2.75) is 12.8 Å². The van der Waals surface area contributed by atoms with Crippen LogP contribution in [0.15, 0.2) is 30.3 Å². The lowest BCUT2D eigenvalue weighted by Gasteiger charge is -2.06. The molecular formula is C12H18N6O5S. The Morgan fingerprint density at radius 2 is 1.75 bits per heavy atom. The summed E-state index contributed by atoms with van der Waals surface area (Å²) in [5.41, 5.74) is 12.2. The van der Waals surface area contributed by atoms with Crippen LogP contribution in [0.5, 0.6) is 0 Å². The Labute approximate surface area is 138 Å².